The maximum absolute atomic E-state index is 12.7. The van der Waals surface area contributed by atoms with Crippen LogP contribution in [0, 0.1) is 0 Å². The normalized spacial score (nSPS) is 15.0. The Morgan fingerprint density at radius 2 is 1.52 bits per heavy atom. The molecular formula is C27H24N4OS. The Morgan fingerprint density at radius 3 is 2.27 bits per heavy atom. The Labute approximate surface area is 197 Å². The van der Waals surface area contributed by atoms with Gasteiger partial charge in [0.05, 0.1) is 11.8 Å². The molecule has 0 saturated heterocycles. The van der Waals surface area contributed by atoms with Crippen molar-refractivity contribution in [2.75, 3.05) is 5.75 Å². The summed E-state index contributed by atoms with van der Waals surface area (Å²) in [6, 6.07) is 28.3. The highest BCUT2D eigenvalue weighted by Gasteiger charge is 2.22. The van der Waals surface area contributed by atoms with E-state index < -0.39 is 0 Å². The fourth-order valence-electron chi connectivity index (χ4n) is 4.23. The average molecular weight is 453 g/mol. The molecule has 1 aromatic heterocycles. The Bertz CT molecular complexity index is 1250. The first-order valence-electron chi connectivity index (χ1n) is 11.1. The summed E-state index contributed by atoms with van der Waals surface area (Å²) in [5, 5.41) is 12.5. The summed E-state index contributed by atoms with van der Waals surface area (Å²) >= 11 is 1.31. The molecule has 1 atom stereocenters. The maximum atomic E-state index is 12.7. The number of nitrogens with one attached hydrogen (secondary N) is 1. The number of aryl methyl sites for hydroxylation is 1. The van der Waals surface area contributed by atoms with Crippen LogP contribution in [-0.4, -0.2) is 26.8 Å². The Hall–Kier alpha value is -3.51. The van der Waals surface area contributed by atoms with Gasteiger partial charge < -0.3 is 5.32 Å². The smallest absolute Gasteiger partial charge is 0.230 e. The third-order valence-corrected chi connectivity index (χ3v) is 6.64. The van der Waals surface area contributed by atoms with Gasteiger partial charge in [-0.25, -0.2) is 4.98 Å². The third kappa shape index (κ3) is 4.96. The molecule has 0 bridgehead atoms. The van der Waals surface area contributed by atoms with Crippen molar-refractivity contribution in [2.45, 2.75) is 30.5 Å². The van der Waals surface area contributed by atoms with Gasteiger partial charge in [0, 0.05) is 11.1 Å². The standard InChI is InChI=1S/C27H24N4OS/c32-24(28-23-17-9-15-19-10-7-8-16-22(19)23)18-33-27-29-25(20-11-3-1-4-12-20)26(30-31-27)21-13-5-2-6-14-21/h1-8,10-14,16,23H,9,15,17-18H2,(H,28,32)/t23-/m1/s1. The monoisotopic (exact) mass is 452 g/mol. The Kier molecular flexibility index (Phi) is 6.44. The van der Waals surface area contributed by atoms with Gasteiger partial charge in [0.2, 0.25) is 11.1 Å². The van der Waals surface area contributed by atoms with E-state index in [9.17, 15) is 4.79 Å². The number of fused-ring (bicyclic) bond motifs is 1. The number of aromatic nitrogens is 3. The van der Waals surface area contributed by atoms with E-state index in [1.165, 1.54) is 22.9 Å². The van der Waals surface area contributed by atoms with Crippen molar-refractivity contribution in [1.82, 2.24) is 20.5 Å². The van der Waals surface area contributed by atoms with Gasteiger partial charge in [0.25, 0.3) is 0 Å². The number of carbonyl (C=O) groups excluding carboxylic acids is 1. The first-order chi connectivity index (χ1) is 16.3. The van der Waals surface area contributed by atoms with Crippen LogP contribution >= 0.6 is 11.8 Å². The molecular weight excluding hydrogens is 428 g/mol. The minimum Gasteiger partial charge on any atom is -0.349 e. The molecule has 0 aliphatic heterocycles. The number of thioether (sulfide) groups is 1. The fourth-order valence-corrected chi connectivity index (χ4v) is 4.83. The second-order valence-corrected chi connectivity index (χ2v) is 8.97. The van der Waals surface area contributed by atoms with E-state index >= 15 is 0 Å². The molecule has 3 aromatic carbocycles. The van der Waals surface area contributed by atoms with Gasteiger partial charge in [-0.1, -0.05) is 96.7 Å². The predicted molar refractivity (Wildman–Crippen MR) is 132 cm³/mol. The van der Waals surface area contributed by atoms with Crippen molar-refractivity contribution in [1.29, 1.82) is 0 Å². The van der Waals surface area contributed by atoms with Crippen LogP contribution in [0.25, 0.3) is 22.5 Å². The highest BCUT2D eigenvalue weighted by molar-refractivity contribution is 7.99. The van der Waals surface area contributed by atoms with E-state index in [1.54, 1.807) is 0 Å². The molecule has 1 N–H and O–H groups in total. The highest BCUT2D eigenvalue weighted by atomic mass is 32.2. The number of nitrogens with zero attached hydrogens (tertiary/aromatic N) is 3. The summed E-state index contributed by atoms with van der Waals surface area (Å²) in [5.41, 5.74) is 5.99. The molecule has 164 valence electrons. The van der Waals surface area contributed by atoms with Gasteiger partial charge in [-0.2, -0.15) is 0 Å². The van der Waals surface area contributed by atoms with Gasteiger partial charge in [0.15, 0.2) is 0 Å². The van der Waals surface area contributed by atoms with E-state index in [0.717, 1.165) is 41.8 Å². The van der Waals surface area contributed by atoms with Gasteiger partial charge in [-0.3, -0.25) is 4.79 Å². The Morgan fingerprint density at radius 1 is 0.848 bits per heavy atom. The minimum atomic E-state index is -0.0151. The number of amides is 1. The lowest BCUT2D eigenvalue weighted by atomic mass is 9.88. The van der Waals surface area contributed by atoms with Crippen molar-refractivity contribution >= 4 is 17.7 Å². The van der Waals surface area contributed by atoms with Crippen LogP contribution < -0.4 is 5.32 Å². The second kappa shape index (κ2) is 9.96. The zero-order valence-electron chi connectivity index (χ0n) is 18.1. The quantitative estimate of drug-likeness (QED) is 0.392. The Balaban J connectivity index is 1.33. The van der Waals surface area contributed by atoms with Crippen molar-refractivity contribution in [3.05, 3.63) is 96.1 Å². The molecule has 1 aliphatic rings. The van der Waals surface area contributed by atoms with Crippen LogP contribution in [0.15, 0.2) is 90.1 Å². The molecule has 33 heavy (non-hydrogen) atoms. The molecule has 5 rings (SSSR count). The summed E-state index contributed by atoms with van der Waals surface area (Å²) in [5.74, 6) is 0.234. The third-order valence-electron chi connectivity index (χ3n) is 5.80. The summed E-state index contributed by atoms with van der Waals surface area (Å²) in [6.45, 7) is 0. The van der Waals surface area contributed by atoms with E-state index in [0.29, 0.717) is 5.16 Å². The number of carbonyl (C=O) groups is 1. The van der Waals surface area contributed by atoms with Gasteiger partial charge >= 0.3 is 0 Å². The zero-order chi connectivity index (χ0) is 22.5. The molecule has 0 saturated carbocycles. The minimum absolute atomic E-state index is 0.0151. The summed E-state index contributed by atoms with van der Waals surface area (Å²) in [4.78, 5) is 17.5. The van der Waals surface area contributed by atoms with Crippen molar-refractivity contribution in [3.63, 3.8) is 0 Å². The molecule has 1 aliphatic carbocycles. The number of rotatable bonds is 6. The predicted octanol–water partition coefficient (Wildman–Crippen LogP) is 5.49. The first-order valence-corrected chi connectivity index (χ1v) is 12.1. The molecule has 5 nitrogen and oxygen atoms in total. The molecule has 1 heterocycles. The topological polar surface area (TPSA) is 67.8 Å². The van der Waals surface area contributed by atoms with Crippen molar-refractivity contribution in [2.24, 2.45) is 0 Å². The lowest BCUT2D eigenvalue weighted by Gasteiger charge is -2.26. The molecule has 0 fully saturated rings. The van der Waals surface area contributed by atoms with Crippen LogP contribution in [0.4, 0.5) is 0 Å². The summed E-state index contributed by atoms with van der Waals surface area (Å²) in [7, 11) is 0. The fraction of sp³-hybridized carbons (Fsp3) is 0.185. The van der Waals surface area contributed by atoms with Crippen LogP contribution in [-0.2, 0) is 11.2 Å². The number of benzene rings is 3. The molecule has 6 heteroatoms. The van der Waals surface area contributed by atoms with Crippen molar-refractivity contribution < 1.29 is 4.79 Å². The van der Waals surface area contributed by atoms with Crippen LogP contribution in [0.1, 0.15) is 30.0 Å². The largest absolute Gasteiger partial charge is 0.349 e. The molecule has 4 aromatic rings. The lowest BCUT2D eigenvalue weighted by Crippen LogP contribution is -2.32. The van der Waals surface area contributed by atoms with Crippen LogP contribution in [0.2, 0.25) is 0 Å². The van der Waals surface area contributed by atoms with Crippen LogP contribution in [0.5, 0.6) is 0 Å². The summed E-state index contributed by atoms with van der Waals surface area (Å²) < 4.78 is 0. The SMILES string of the molecule is O=C(CSc1nnc(-c2ccccc2)c(-c2ccccc2)n1)N[C@@H]1CCCc2ccccc21. The summed E-state index contributed by atoms with van der Waals surface area (Å²) in [6.07, 6.45) is 3.13. The van der Waals surface area contributed by atoms with Gasteiger partial charge in [0.1, 0.15) is 11.4 Å². The molecule has 0 radical (unpaired) electrons. The van der Waals surface area contributed by atoms with E-state index in [2.05, 4.69) is 33.7 Å². The molecule has 0 unspecified atom stereocenters. The highest BCUT2D eigenvalue weighted by Crippen LogP contribution is 2.31. The van der Waals surface area contributed by atoms with E-state index in [-0.39, 0.29) is 17.7 Å². The first kappa shape index (κ1) is 21.3. The van der Waals surface area contributed by atoms with Gasteiger partial charge in [-0.05, 0) is 30.4 Å². The average Bonchev–Trinajstić information content (AvgIpc) is 2.89. The van der Waals surface area contributed by atoms with E-state index in [1.807, 2.05) is 66.7 Å². The maximum Gasteiger partial charge on any atom is 0.230 e. The molecule has 1 amide bonds. The van der Waals surface area contributed by atoms with Crippen LogP contribution in [0.3, 0.4) is 0 Å². The van der Waals surface area contributed by atoms with Crippen molar-refractivity contribution in [3.8, 4) is 22.5 Å². The molecule has 0 spiro atoms. The lowest BCUT2D eigenvalue weighted by molar-refractivity contribution is -0.119. The zero-order valence-corrected chi connectivity index (χ0v) is 19.0. The van der Waals surface area contributed by atoms with E-state index in [4.69, 9.17) is 4.98 Å². The second-order valence-electron chi connectivity index (χ2n) is 8.02. The van der Waals surface area contributed by atoms with Gasteiger partial charge in [-0.15, -0.1) is 10.2 Å². The number of hydrogen-bond donors (Lipinski definition) is 1. The number of hydrogen-bond acceptors (Lipinski definition) is 5.